The zero-order valence-electron chi connectivity index (χ0n) is 11.7. The predicted octanol–water partition coefficient (Wildman–Crippen LogP) is 1.44. The first-order valence-corrected chi connectivity index (χ1v) is 6.69. The van der Waals surface area contributed by atoms with E-state index in [-0.39, 0.29) is 12.6 Å². The van der Waals surface area contributed by atoms with E-state index in [9.17, 15) is 9.59 Å². The number of piperidine rings is 1. The molecule has 1 aliphatic rings. The van der Waals surface area contributed by atoms with Crippen LogP contribution in [0.15, 0.2) is 4.42 Å². The molecule has 7 heteroatoms. The quantitative estimate of drug-likeness (QED) is 0.874. The fourth-order valence-electron chi connectivity index (χ4n) is 2.30. The third-order valence-electron chi connectivity index (χ3n) is 3.51. The molecule has 0 spiro atoms. The van der Waals surface area contributed by atoms with E-state index in [1.54, 1.807) is 6.92 Å². The summed E-state index contributed by atoms with van der Waals surface area (Å²) in [5.41, 5.74) is 0.788. The first kappa shape index (κ1) is 14.4. The van der Waals surface area contributed by atoms with E-state index in [1.807, 2.05) is 6.92 Å². The zero-order valence-corrected chi connectivity index (χ0v) is 11.7. The summed E-state index contributed by atoms with van der Waals surface area (Å²) in [6, 6.07) is -1.12. The Balaban J connectivity index is 1.94. The van der Waals surface area contributed by atoms with Gasteiger partial charge in [0.25, 0.3) is 0 Å². The lowest BCUT2D eigenvalue weighted by Crippen LogP contribution is -2.51. The topological polar surface area (TPSA) is 95.7 Å². The average Bonchev–Trinajstić information content (AvgIpc) is 2.75. The molecule has 1 aromatic rings. The fraction of sp³-hybridized carbons (Fsp3) is 0.615. The Hall–Kier alpha value is -2.05. The van der Waals surface area contributed by atoms with Crippen LogP contribution in [0.5, 0.6) is 0 Å². The Morgan fingerprint density at radius 1 is 1.45 bits per heavy atom. The van der Waals surface area contributed by atoms with E-state index in [2.05, 4.69) is 10.3 Å². The van der Waals surface area contributed by atoms with Crippen molar-refractivity contribution < 1.29 is 19.1 Å². The molecule has 110 valence electrons. The molecule has 1 aliphatic heterocycles. The van der Waals surface area contributed by atoms with Gasteiger partial charge < -0.3 is 19.7 Å². The molecule has 0 saturated carbocycles. The number of aryl methyl sites for hydroxylation is 2. The number of carbonyl (C=O) groups excluding carboxylic acids is 1. The van der Waals surface area contributed by atoms with Crippen LogP contribution in [-0.4, -0.2) is 39.6 Å². The van der Waals surface area contributed by atoms with Gasteiger partial charge in [0.1, 0.15) is 11.8 Å². The Labute approximate surface area is 117 Å². The second-order valence-electron chi connectivity index (χ2n) is 4.95. The van der Waals surface area contributed by atoms with Gasteiger partial charge in [-0.05, 0) is 33.1 Å². The standard InChI is InChI=1S/C13H19N3O4/c1-8-9(2)20-11(15-8)7-14-13(19)16-6-4-3-5-10(16)12(17)18/h10H,3-7H2,1-2H3,(H,14,19)(H,17,18). The highest BCUT2D eigenvalue weighted by Gasteiger charge is 2.31. The van der Waals surface area contributed by atoms with E-state index >= 15 is 0 Å². The molecule has 2 heterocycles. The van der Waals surface area contributed by atoms with Crippen molar-refractivity contribution in [2.45, 2.75) is 45.7 Å². The van der Waals surface area contributed by atoms with Crippen LogP contribution in [0.1, 0.15) is 36.6 Å². The maximum Gasteiger partial charge on any atom is 0.326 e. The Morgan fingerprint density at radius 2 is 2.20 bits per heavy atom. The van der Waals surface area contributed by atoms with Crippen LogP contribution in [0.2, 0.25) is 0 Å². The number of hydrogen-bond donors (Lipinski definition) is 2. The molecule has 1 aromatic heterocycles. The molecule has 0 radical (unpaired) electrons. The summed E-state index contributed by atoms with van der Waals surface area (Å²) in [5, 5.41) is 11.8. The maximum atomic E-state index is 12.1. The third-order valence-corrected chi connectivity index (χ3v) is 3.51. The van der Waals surface area contributed by atoms with Gasteiger partial charge in [-0.15, -0.1) is 0 Å². The number of nitrogens with zero attached hydrogens (tertiary/aromatic N) is 2. The summed E-state index contributed by atoms with van der Waals surface area (Å²) in [6.45, 7) is 4.26. The van der Waals surface area contributed by atoms with Crippen LogP contribution in [0.4, 0.5) is 4.79 Å². The summed E-state index contributed by atoms with van der Waals surface area (Å²) in [5.74, 6) is 0.190. The molecule has 2 rings (SSSR count). The van der Waals surface area contributed by atoms with Crippen molar-refractivity contribution in [3.05, 3.63) is 17.3 Å². The van der Waals surface area contributed by atoms with E-state index < -0.39 is 12.0 Å². The van der Waals surface area contributed by atoms with Crippen molar-refractivity contribution >= 4 is 12.0 Å². The fourth-order valence-corrected chi connectivity index (χ4v) is 2.30. The number of hydrogen-bond acceptors (Lipinski definition) is 4. The summed E-state index contributed by atoms with van der Waals surface area (Å²) in [6.07, 6.45) is 2.16. The molecule has 1 fully saturated rings. The molecule has 7 nitrogen and oxygen atoms in total. The number of nitrogens with one attached hydrogen (secondary N) is 1. The van der Waals surface area contributed by atoms with Gasteiger partial charge in [-0.25, -0.2) is 14.6 Å². The molecule has 1 saturated heterocycles. The minimum Gasteiger partial charge on any atom is -0.480 e. The van der Waals surface area contributed by atoms with Gasteiger partial charge in [-0.2, -0.15) is 0 Å². The van der Waals surface area contributed by atoms with Gasteiger partial charge in [0.15, 0.2) is 0 Å². The summed E-state index contributed by atoms with van der Waals surface area (Å²) < 4.78 is 5.37. The maximum absolute atomic E-state index is 12.1. The highest BCUT2D eigenvalue weighted by atomic mass is 16.4. The molecule has 2 N–H and O–H groups in total. The van der Waals surface area contributed by atoms with Gasteiger partial charge in [-0.1, -0.05) is 0 Å². The van der Waals surface area contributed by atoms with Gasteiger partial charge >= 0.3 is 12.0 Å². The van der Waals surface area contributed by atoms with Gasteiger partial charge in [0.05, 0.1) is 12.2 Å². The largest absolute Gasteiger partial charge is 0.480 e. The highest BCUT2D eigenvalue weighted by molar-refractivity contribution is 5.82. The number of rotatable bonds is 3. The van der Waals surface area contributed by atoms with Gasteiger partial charge in [0, 0.05) is 6.54 Å². The normalized spacial score (nSPS) is 18.9. The first-order chi connectivity index (χ1) is 9.49. The predicted molar refractivity (Wildman–Crippen MR) is 70.2 cm³/mol. The number of oxazole rings is 1. The van der Waals surface area contributed by atoms with Crippen LogP contribution in [0, 0.1) is 13.8 Å². The summed E-state index contributed by atoms with van der Waals surface area (Å²) in [7, 11) is 0. The number of urea groups is 1. The van der Waals surface area contributed by atoms with Crippen LogP contribution in [0.3, 0.4) is 0 Å². The number of carboxylic acid groups (broad SMARTS) is 1. The van der Waals surface area contributed by atoms with Crippen LogP contribution in [0.25, 0.3) is 0 Å². The number of aliphatic carboxylic acids is 1. The second kappa shape index (κ2) is 5.94. The van der Waals surface area contributed by atoms with Crippen LogP contribution in [-0.2, 0) is 11.3 Å². The van der Waals surface area contributed by atoms with E-state index in [1.165, 1.54) is 4.90 Å². The SMILES string of the molecule is Cc1nc(CNC(=O)N2CCCCC2C(=O)O)oc1C. The molecule has 0 aliphatic carbocycles. The molecule has 20 heavy (non-hydrogen) atoms. The number of carbonyl (C=O) groups is 2. The van der Waals surface area contributed by atoms with E-state index in [0.717, 1.165) is 24.3 Å². The number of aromatic nitrogens is 1. The van der Waals surface area contributed by atoms with E-state index in [4.69, 9.17) is 9.52 Å². The second-order valence-corrected chi connectivity index (χ2v) is 4.95. The number of amides is 2. The van der Waals surface area contributed by atoms with Gasteiger partial charge in [-0.3, -0.25) is 0 Å². The van der Waals surface area contributed by atoms with Crippen molar-refractivity contribution in [2.24, 2.45) is 0 Å². The summed E-state index contributed by atoms with van der Waals surface area (Å²) >= 11 is 0. The average molecular weight is 281 g/mol. The van der Waals surface area contributed by atoms with Crippen molar-refractivity contribution in [2.75, 3.05) is 6.54 Å². The Morgan fingerprint density at radius 3 is 2.80 bits per heavy atom. The molecule has 1 atom stereocenters. The zero-order chi connectivity index (χ0) is 14.7. The minimum absolute atomic E-state index is 0.163. The Bertz CT molecular complexity index is 492. The monoisotopic (exact) mass is 281 g/mol. The lowest BCUT2D eigenvalue weighted by atomic mass is 10.0. The van der Waals surface area contributed by atoms with E-state index in [0.29, 0.717) is 18.9 Å². The minimum atomic E-state index is -0.956. The smallest absolute Gasteiger partial charge is 0.326 e. The highest BCUT2D eigenvalue weighted by Crippen LogP contribution is 2.17. The van der Waals surface area contributed by atoms with Crippen molar-refractivity contribution in [1.82, 2.24) is 15.2 Å². The first-order valence-electron chi connectivity index (χ1n) is 6.69. The van der Waals surface area contributed by atoms with Crippen molar-refractivity contribution in [1.29, 1.82) is 0 Å². The molecule has 0 bridgehead atoms. The van der Waals surface area contributed by atoms with Crippen molar-refractivity contribution in [3.63, 3.8) is 0 Å². The third kappa shape index (κ3) is 3.09. The number of likely N-dealkylation sites (tertiary alicyclic amines) is 1. The Kier molecular flexibility index (Phi) is 4.26. The van der Waals surface area contributed by atoms with Crippen LogP contribution >= 0.6 is 0 Å². The van der Waals surface area contributed by atoms with Crippen molar-refractivity contribution in [3.8, 4) is 0 Å². The molecule has 2 amide bonds. The van der Waals surface area contributed by atoms with Crippen LogP contribution < -0.4 is 5.32 Å². The molecular weight excluding hydrogens is 262 g/mol. The summed E-state index contributed by atoms with van der Waals surface area (Å²) in [4.78, 5) is 28.7. The lowest BCUT2D eigenvalue weighted by Gasteiger charge is -2.32. The number of carboxylic acids is 1. The molecule has 1 unspecified atom stereocenters. The lowest BCUT2D eigenvalue weighted by molar-refractivity contribution is -0.143. The molecule has 0 aromatic carbocycles. The molecular formula is C13H19N3O4. The van der Waals surface area contributed by atoms with Gasteiger partial charge in [0.2, 0.25) is 5.89 Å².